The number of ether oxygens (including phenoxy) is 6. The van der Waals surface area contributed by atoms with Crippen molar-refractivity contribution in [3.63, 3.8) is 0 Å². The van der Waals surface area contributed by atoms with Crippen molar-refractivity contribution in [2.75, 3.05) is 47.6 Å². The summed E-state index contributed by atoms with van der Waals surface area (Å²) in [7, 11) is 4.15. The van der Waals surface area contributed by atoms with E-state index in [9.17, 15) is 33.9 Å². The quantitative estimate of drug-likeness (QED) is 0.108. The predicted molar refractivity (Wildman–Crippen MR) is 299 cm³/mol. The standard InChI is InChI=1S/C62H90BNO15/c1-39-19-14-12-15-20-41(3)52(72-9)34-49-26-24-45(7)62(71,79-49)57(67)58(68)64-28-18-21-47(36-64)59(69)77-53(35-50(65)42(4)30-40(2)31-55(74-11)56(66)44(6)29-39)43(5)32-46-25-27-51(54(33-46)73-10)78-60(70)61(8)37-75-63(76-38-61)48-22-16-13-17-23-48/h12-17,19-20,22-23,30,39,42-47,49,51-55,71H,18,21,24-29,31-38H2,1-11H3/b15-12+,19-14+,40-30+,41-20+/t39-,42-,43-,44-,45-,46+,47?,49+,51-,52+,53+,54-,55-,62-/m1/s1. The molecule has 6 rings (SSSR count). The number of nitrogens with zero attached hydrogens (tertiary/aromatic N) is 1. The number of aliphatic hydroxyl groups is 1. The number of methoxy groups -OCH3 is 3. The molecular weight excluding hydrogens is 1010 g/mol. The molecule has 0 spiro atoms. The minimum Gasteiger partial charge on any atom is -0.461 e. The number of Topliss-reactive ketones (excluding diaryl/α,β-unsaturated/α-hetero) is 3. The fourth-order valence-electron chi connectivity index (χ4n) is 12.0. The van der Waals surface area contributed by atoms with Crippen molar-refractivity contribution < 1.29 is 71.6 Å². The number of cyclic esters (lactones) is 1. The summed E-state index contributed by atoms with van der Waals surface area (Å²) >= 11 is 0. The zero-order chi connectivity index (χ0) is 57.6. The van der Waals surface area contributed by atoms with Gasteiger partial charge in [-0.2, -0.15) is 0 Å². The molecule has 17 heteroatoms. The van der Waals surface area contributed by atoms with Gasteiger partial charge in [-0.25, -0.2) is 0 Å². The van der Waals surface area contributed by atoms with Crippen LogP contribution < -0.4 is 5.46 Å². The van der Waals surface area contributed by atoms with E-state index in [1.807, 2.05) is 88.4 Å². The molecule has 4 aliphatic heterocycles. The Morgan fingerprint density at radius 2 is 1.54 bits per heavy atom. The van der Waals surface area contributed by atoms with Crippen molar-refractivity contribution in [2.45, 2.75) is 175 Å². The number of allylic oxidation sites excluding steroid dienone is 6. The summed E-state index contributed by atoms with van der Waals surface area (Å²) in [5, 5.41) is 11.9. The Balaban J connectivity index is 1.19. The highest BCUT2D eigenvalue weighted by Crippen LogP contribution is 2.39. The van der Waals surface area contributed by atoms with Crippen LogP contribution in [0.2, 0.25) is 0 Å². The number of benzene rings is 1. The molecule has 5 aliphatic rings. The second kappa shape index (κ2) is 29.4. The predicted octanol–water partition coefficient (Wildman–Crippen LogP) is 8.07. The average molecular weight is 1100 g/mol. The Morgan fingerprint density at radius 1 is 0.835 bits per heavy atom. The van der Waals surface area contributed by atoms with E-state index in [-0.39, 0.29) is 68.0 Å². The van der Waals surface area contributed by atoms with Gasteiger partial charge < -0.3 is 47.7 Å². The summed E-state index contributed by atoms with van der Waals surface area (Å²) in [5.41, 5.74) is 1.58. The maximum atomic E-state index is 14.4. The topological polar surface area (TPSA) is 200 Å². The van der Waals surface area contributed by atoms with Gasteiger partial charge in [-0.3, -0.25) is 28.8 Å². The van der Waals surface area contributed by atoms with E-state index in [0.29, 0.717) is 70.6 Å². The van der Waals surface area contributed by atoms with Crippen LogP contribution >= 0.6 is 0 Å². The van der Waals surface area contributed by atoms with E-state index >= 15 is 0 Å². The van der Waals surface area contributed by atoms with Gasteiger partial charge in [-0.1, -0.05) is 107 Å². The van der Waals surface area contributed by atoms with Gasteiger partial charge in [0.2, 0.25) is 5.79 Å². The number of esters is 2. The number of ketones is 3. The van der Waals surface area contributed by atoms with Gasteiger partial charge in [0.25, 0.3) is 11.7 Å². The first-order chi connectivity index (χ1) is 37.6. The van der Waals surface area contributed by atoms with Crippen LogP contribution in [0, 0.1) is 46.8 Å². The molecule has 4 bridgehead atoms. The SMILES string of the molecule is CO[C@H]1C[C@@H]2CC[C@@H](C)[C@@](O)(O2)C(=O)C(=O)N2CCCC(C2)C(=O)O[C@H]([C@H](C)C[C@@H]2CC[C@@H](OC(=O)C3(C)COB(c4ccccc4)OC3)[C@H](OC)C2)CC(=O)[C@H](C)/C=C(\C)C[C@@H](OC)C(=O)[C@H](C)C[C@H](C)/C=C/C=C/C=C/1C. The number of piperidine rings is 1. The molecule has 0 aromatic heterocycles. The van der Waals surface area contributed by atoms with Crippen LogP contribution in [0.5, 0.6) is 0 Å². The van der Waals surface area contributed by atoms with Crippen molar-refractivity contribution in [2.24, 2.45) is 46.8 Å². The first kappa shape index (κ1) is 63.6. The average Bonchev–Trinajstić information content (AvgIpc) is 3.46. The molecule has 4 heterocycles. The highest BCUT2D eigenvalue weighted by molar-refractivity contribution is 6.61. The third kappa shape index (κ3) is 17.0. The van der Waals surface area contributed by atoms with E-state index in [0.717, 1.165) is 16.6 Å². The minimum absolute atomic E-state index is 0.0142. The molecule has 1 aliphatic carbocycles. The Labute approximate surface area is 469 Å². The summed E-state index contributed by atoms with van der Waals surface area (Å²) in [6, 6.07) is 9.56. The molecular formula is C62H90BNO15. The van der Waals surface area contributed by atoms with Crippen LogP contribution in [-0.4, -0.2) is 142 Å². The van der Waals surface area contributed by atoms with Crippen molar-refractivity contribution in [1.82, 2.24) is 4.90 Å². The molecule has 1 aromatic rings. The van der Waals surface area contributed by atoms with Crippen molar-refractivity contribution in [3.8, 4) is 0 Å². The second-order valence-electron chi connectivity index (χ2n) is 23.9. The molecule has 4 fully saturated rings. The molecule has 0 radical (unpaired) electrons. The first-order valence-electron chi connectivity index (χ1n) is 28.9. The number of amides is 1. The lowest BCUT2D eigenvalue weighted by Crippen LogP contribution is -2.59. The maximum Gasteiger partial charge on any atom is 0.493 e. The Kier molecular flexibility index (Phi) is 23.6. The van der Waals surface area contributed by atoms with Crippen LogP contribution in [0.4, 0.5) is 0 Å². The third-order valence-electron chi connectivity index (χ3n) is 17.2. The Bertz CT molecular complexity index is 2360. The van der Waals surface area contributed by atoms with Gasteiger partial charge in [-0.15, -0.1) is 0 Å². The maximum absolute atomic E-state index is 14.4. The Hall–Kier alpha value is -4.62. The number of hydrogen-bond donors (Lipinski definition) is 1. The molecule has 1 amide bonds. The molecule has 1 saturated carbocycles. The molecule has 1 unspecified atom stereocenters. The molecule has 3 saturated heterocycles. The number of rotatable bonds is 9. The van der Waals surface area contributed by atoms with Crippen LogP contribution in [0.3, 0.4) is 0 Å². The van der Waals surface area contributed by atoms with Gasteiger partial charge in [0.15, 0.2) is 5.78 Å². The third-order valence-corrected chi connectivity index (χ3v) is 17.2. The zero-order valence-electron chi connectivity index (χ0n) is 48.9. The van der Waals surface area contributed by atoms with Gasteiger partial charge in [0.1, 0.15) is 29.5 Å². The number of carbonyl (C=O) groups excluding carboxylic acids is 6. The van der Waals surface area contributed by atoms with Crippen molar-refractivity contribution in [1.29, 1.82) is 0 Å². The monoisotopic (exact) mass is 1100 g/mol. The number of fused-ring (bicyclic) bond motifs is 4. The molecule has 1 N–H and O–H groups in total. The second-order valence-corrected chi connectivity index (χ2v) is 23.9. The van der Waals surface area contributed by atoms with E-state index in [4.69, 9.17) is 37.7 Å². The Morgan fingerprint density at radius 3 is 2.23 bits per heavy atom. The van der Waals surface area contributed by atoms with Gasteiger partial charge >= 0.3 is 19.1 Å². The van der Waals surface area contributed by atoms with Crippen molar-refractivity contribution in [3.05, 3.63) is 77.9 Å². The molecule has 1 aromatic carbocycles. The summed E-state index contributed by atoms with van der Waals surface area (Å²) in [5.74, 6) is -8.06. The van der Waals surface area contributed by atoms with Crippen LogP contribution in [-0.2, 0) is 66.5 Å². The van der Waals surface area contributed by atoms with Gasteiger partial charge in [0.05, 0.1) is 24.2 Å². The van der Waals surface area contributed by atoms with Crippen LogP contribution in [0.25, 0.3) is 0 Å². The summed E-state index contributed by atoms with van der Waals surface area (Å²) in [4.78, 5) is 85.9. The normalized spacial score (nSPS) is 36.1. The van der Waals surface area contributed by atoms with Crippen LogP contribution in [0.15, 0.2) is 77.9 Å². The summed E-state index contributed by atoms with van der Waals surface area (Å²) in [6.45, 7) is 15.4. The highest BCUT2D eigenvalue weighted by Gasteiger charge is 2.52. The number of hydrogen-bond acceptors (Lipinski definition) is 15. The van der Waals surface area contributed by atoms with Gasteiger partial charge in [0, 0.05) is 84.6 Å². The van der Waals surface area contributed by atoms with Gasteiger partial charge in [-0.05, 0) is 107 Å². The zero-order valence-corrected chi connectivity index (χ0v) is 48.9. The largest absolute Gasteiger partial charge is 0.493 e. The lowest BCUT2D eigenvalue weighted by molar-refractivity contribution is -0.265. The van der Waals surface area contributed by atoms with Crippen LogP contribution in [0.1, 0.15) is 132 Å². The molecule has 16 nitrogen and oxygen atoms in total. The first-order valence-corrected chi connectivity index (χ1v) is 28.9. The van der Waals surface area contributed by atoms with Crippen molar-refractivity contribution >= 4 is 47.8 Å². The van der Waals surface area contributed by atoms with E-state index in [1.54, 1.807) is 35.0 Å². The van der Waals surface area contributed by atoms with E-state index < -0.39 is 96.3 Å². The molecule has 14 atom stereocenters. The van der Waals surface area contributed by atoms with E-state index in [2.05, 4.69) is 13.0 Å². The summed E-state index contributed by atoms with van der Waals surface area (Å²) < 4.78 is 48.3. The molecule has 79 heavy (non-hydrogen) atoms. The smallest absolute Gasteiger partial charge is 0.461 e. The van der Waals surface area contributed by atoms with E-state index in [1.165, 1.54) is 12.0 Å². The highest BCUT2D eigenvalue weighted by atomic mass is 16.6. The summed E-state index contributed by atoms with van der Waals surface area (Å²) in [6.07, 6.45) is 13.4. The lowest BCUT2D eigenvalue weighted by Gasteiger charge is -2.42. The lowest BCUT2D eigenvalue weighted by atomic mass is 9.75. The molecule has 436 valence electrons. The minimum atomic E-state index is -2.38. The fraction of sp³-hybridized carbons (Fsp3) is 0.677. The fourth-order valence-corrected chi connectivity index (χ4v) is 12.0. The number of carbonyl (C=O) groups is 6.